The van der Waals surface area contributed by atoms with Crippen molar-refractivity contribution in [3.05, 3.63) is 58.2 Å². The van der Waals surface area contributed by atoms with E-state index in [4.69, 9.17) is 23.2 Å². The molecule has 100 valence electrons. The van der Waals surface area contributed by atoms with Crippen molar-refractivity contribution in [2.45, 2.75) is 11.8 Å². The van der Waals surface area contributed by atoms with Gasteiger partial charge in [-0.15, -0.1) is 23.2 Å². The van der Waals surface area contributed by atoms with Gasteiger partial charge in [0, 0.05) is 11.1 Å². The van der Waals surface area contributed by atoms with Crippen molar-refractivity contribution in [2.24, 2.45) is 0 Å². The molecule has 0 fully saturated rings. The number of carbonyl (C=O) groups is 2. The first kappa shape index (κ1) is 13.2. The third kappa shape index (κ3) is 1.84. The zero-order valence-electron chi connectivity index (χ0n) is 10.2. The van der Waals surface area contributed by atoms with Crippen LogP contribution in [0, 0.1) is 0 Å². The van der Waals surface area contributed by atoms with Crippen LogP contribution in [-0.4, -0.2) is 21.5 Å². The summed E-state index contributed by atoms with van der Waals surface area (Å²) in [4.78, 5) is 33.1. The molecule has 4 nitrogen and oxygen atoms in total. The molecule has 2 aromatic rings. The lowest BCUT2D eigenvalue weighted by Gasteiger charge is -2.17. The Morgan fingerprint density at radius 2 is 1.20 bits per heavy atom. The Morgan fingerprint density at radius 3 is 1.55 bits per heavy atom. The molecule has 0 bridgehead atoms. The number of hydrogen-bond acceptors (Lipinski definition) is 4. The molecule has 0 saturated heterocycles. The number of carbonyl (C=O) groups excluding carboxylic acids is 2. The number of nitrogens with zero attached hydrogens (tertiary/aromatic N) is 2. The minimum absolute atomic E-state index is 0.0539. The van der Waals surface area contributed by atoms with E-state index in [0.29, 0.717) is 22.5 Å². The molecule has 0 spiro atoms. The maximum atomic E-state index is 12.4. The van der Waals surface area contributed by atoms with Gasteiger partial charge in [0.25, 0.3) is 0 Å². The van der Waals surface area contributed by atoms with E-state index in [-0.39, 0.29) is 34.7 Å². The van der Waals surface area contributed by atoms with Crippen molar-refractivity contribution in [1.29, 1.82) is 0 Å². The highest BCUT2D eigenvalue weighted by Crippen LogP contribution is 2.26. The molecule has 0 aliphatic heterocycles. The fourth-order valence-electron chi connectivity index (χ4n) is 2.17. The van der Waals surface area contributed by atoms with Crippen LogP contribution in [0.4, 0.5) is 0 Å². The highest BCUT2D eigenvalue weighted by atomic mass is 35.5. The Balaban J connectivity index is 2.28. The minimum atomic E-state index is -0.310. The highest BCUT2D eigenvalue weighted by molar-refractivity contribution is 6.27. The van der Waals surface area contributed by atoms with E-state index < -0.39 is 0 Å². The average molecular weight is 307 g/mol. The molecule has 20 heavy (non-hydrogen) atoms. The zero-order valence-corrected chi connectivity index (χ0v) is 11.7. The van der Waals surface area contributed by atoms with Gasteiger partial charge in [0.1, 0.15) is 11.4 Å². The van der Waals surface area contributed by atoms with Gasteiger partial charge in [-0.1, -0.05) is 24.3 Å². The molecule has 0 radical (unpaired) electrons. The van der Waals surface area contributed by atoms with Crippen LogP contribution in [0.2, 0.25) is 0 Å². The largest absolute Gasteiger partial charge is 0.287 e. The molecule has 0 unspecified atom stereocenters. The Bertz CT molecular complexity index is 682. The molecule has 0 N–H and O–H groups in total. The standard InChI is InChI=1S/C14H8Cl2N2O2/c15-5-9-10(6-16)18-12-11(17-9)13(19)7-3-1-2-4-8(7)14(12)20/h1-4H,5-6H2. The van der Waals surface area contributed by atoms with Gasteiger partial charge in [0.2, 0.25) is 11.6 Å². The number of halogens is 2. The normalized spacial score (nSPS) is 13.1. The van der Waals surface area contributed by atoms with Crippen LogP contribution in [0.1, 0.15) is 43.5 Å². The molecule has 6 heteroatoms. The van der Waals surface area contributed by atoms with Crippen LogP contribution < -0.4 is 0 Å². The van der Waals surface area contributed by atoms with Crippen LogP contribution in [0.15, 0.2) is 24.3 Å². The summed E-state index contributed by atoms with van der Waals surface area (Å²) < 4.78 is 0. The molecule has 1 heterocycles. The summed E-state index contributed by atoms with van der Waals surface area (Å²) in [5, 5.41) is 0. The molecule has 1 aliphatic rings. The van der Waals surface area contributed by atoms with E-state index in [1.165, 1.54) is 0 Å². The maximum absolute atomic E-state index is 12.4. The van der Waals surface area contributed by atoms with Gasteiger partial charge in [0.05, 0.1) is 23.1 Å². The van der Waals surface area contributed by atoms with Gasteiger partial charge in [-0.05, 0) is 0 Å². The zero-order chi connectivity index (χ0) is 14.3. The highest BCUT2D eigenvalue weighted by Gasteiger charge is 2.33. The molecule has 1 aliphatic carbocycles. The Kier molecular flexibility index (Phi) is 3.28. The molecule has 3 rings (SSSR count). The van der Waals surface area contributed by atoms with Crippen LogP contribution in [-0.2, 0) is 11.8 Å². The van der Waals surface area contributed by atoms with Crippen molar-refractivity contribution in [1.82, 2.24) is 9.97 Å². The topological polar surface area (TPSA) is 59.9 Å². The van der Waals surface area contributed by atoms with Crippen LogP contribution in [0.25, 0.3) is 0 Å². The van der Waals surface area contributed by atoms with Gasteiger partial charge < -0.3 is 0 Å². The molecular weight excluding hydrogens is 299 g/mol. The number of ketones is 2. The number of rotatable bonds is 2. The van der Waals surface area contributed by atoms with Gasteiger partial charge in [-0.25, -0.2) is 9.97 Å². The number of alkyl halides is 2. The quantitative estimate of drug-likeness (QED) is 0.683. The third-order valence-electron chi connectivity index (χ3n) is 3.15. The second kappa shape index (κ2) is 4.96. The van der Waals surface area contributed by atoms with E-state index >= 15 is 0 Å². The number of aromatic nitrogens is 2. The van der Waals surface area contributed by atoms with Gasteiger partial charge in [0.15, 0.2) is 0 Å². The first-order valence-corrected chi connectivity index (χ1v) is 6.94. The fraction of sp³-hybridized carbons (Fsp3) is 0.143. The first-order valence-electron chi connectivity index (χ1n) is 5.87. The Labute approximate surface area is 124 Å². The molecule has 0 atom stereocenters. The molecular formula is C14H8Cl2N2O2. The van der Waals surface area contributed by atoms with Crippen molar-refractivity contribution in [3.63, 3.8) is 0 Å². The number of benzene rings is 1. The summed E-state index contributed by atoms with van der Waals surface area (Å²) in [6.45, 7) is 0. The van der Waals surface area contributed by atoms with Crippen molar-refractivity contribution >= 4 is 34.8 Å². The van der Waals surface area contributed by atoms with Gasteiger partial charge in [-0.3, -0.25) is 9.59 Å². The summed E-state index contributed by atoms with van der Waals surface area (Å²) in [5.74, 6) is -0.443. The minimum Gasteiger partial charge on any atom is -0.287 e. The predicted octanol–water partition coefficient (Wildman–Crippen LogP) is 2.73. The third-order valence-corrected chi connectivity index (χ3v) is 3.66. The molecule has 1 aromatic carbocycles. The SMILES string of the molecule is O=C1c2ccccc2C(=O)c2nc(CCl)c(CCl)nc21. The molecule has 0 amide bonds. The van der Waals surface area contributed by atoms with E-state index in [2.05, 4.69) is 9.97 Å². The summed E-state index contributed by atoms with van der Waals surface area (Å²) >= 11 is 11.6. The van der Waals surface area contributed by atoms with Gasteiger partial charge >= 0.3 is 0 Å². The Hall–Kier alpha value is -1.78. The van der Waals surface area contributed by atoms with Crippen molar-refractivity contribution in [2.75, 3.05) is 0 Å². The monoisotopic (exact) mass is 306 g/mol. The summed E-state index contributed by atoms with van der Waals surface area (Å²) in [6.07, 6.45) is 0. The van der Waals surface area contributed by atoms with E-state index in [0.717, 1.165) is 0 Å². The average Bonchev–Trinajstić information content (AvgIpc) is 2.51. The first-order chi connectivity index (χ1) is 9.67. The summed E-state index contributed by atoms with van der Waals surface area (Å²) in [5.41, 5.74) is 1.66. The maximum Gasteiger partial charge on any atom is 0.214 e. The summed E-state index contributed by atoms with van der Waals surface area (Å²) in [7, 11) is 0. The van der Waals surface area contributed by atoms with Crippen molar-refractivity contribution < 1.29 is 9.59 Å². The van der Waals surface area contributed by atoms with E-state index in [1.54, 1.807) is 24.3 Å². The van der Waals surface area contributed by atoms with E-state index in [9.17, 15) is 9.59 Å². The van der Waals surface area contributed by atoms with Crippen LogP contribution in [0.3, 0.4) is 0 Å². The second-order valence-corrected chi connectivity index (χ2v) is 4.82. The molecule has 0 saturated carbocycles. The smallest absolute Gasteiger partial charge is 0.214 e. The van der Waals surface area contributed by atoms with Crippen molar-refractivity contribution in [3.8, 4) is 0 Å². The Morgan fingerprint density at radius 1 is 0.800 bits per heavy atom. The van der Waals surface area contributed by atoms with Crippen LogP contribution >= 0.6 is 23.2 Å². The second-order valence-electron chi connectivity index (χ2n) is 4.29. The predicted molar refractivity (Wildman–Crippen MR) is 74.5 cm³/mol. The van der Waals surface area contributed by atoms with Gasteiger partial charge in [-0.2, -0.15) is 0 Å². The lowest BCUT2D eigenvalue weighted by Crippen LogP contribution is -2.25. The van der Waals surface area contributed by atoms with Crippen LogP contribution in [0.5, 0.6) is 0 Å². The van der Waals surface area contributed by atoms with E-state index in [1.807, 2.05) is 0 Å². The fourth-order valence-corrected chi connectivity index (χ4v) is 2.60. The molecule has 1 aromatic heterocycles. The number of fused-ring (bicyclic) bond motifs is 2. The summed E-state index contributed by atoms with van der Waals surface area (Å²) in [6, 6.07) is 6.63. The lowest BCUT2D eigenvalue weighted by atomic mass is 9.89. The number of hydrogen-bond donors (Lipinski definition) is 0. The lowest BCUT2D eigenvalue weighted by molar-refractivity contribution is 0.0971.